The van der Waals surface area contributed by atoms with E-state index in [-0.39, 0.29) is 16.7 Å². The highest BCUT2D eigenvalue weighted by Gasteiger charge is 2.22. The van der Waals surface area contributed by atoms with E-state index in [9.17, 15) is 9.59 Å². The largest absolute Gasteiger partial charge is 0.301 e. The average molecular weight is 364 g/mol. The molecule has 0 unspecified atom stereocenters. The number of rotatable bonds is 5. The number of hydrogen-bond acceptors (Lipinski definition) is 6. The van der Waals surface area contributed by atoms with Crippen LogP contribution in [-0.4, -0.2) is 26.1 Å². The Labute approximate surface area is 148 Å². The van der Waals surface area contributed by atoms with Gasteiger partial charge in [0.25, 0.3) is 5.56 Å². The van der Waals surface area contributed by atoms with Crippen LogP contribution in [0.2, 0.25) is 0 Å². The van der Waals surface area contributed by atoms with Crippen LogP contribution in [0.5, 0.6) is 0 Å². The third-order valence-electron chi connectivity index (χ3n) is 3.84. The van der Waals surface area contributed by atoms with Crippen LogP contribution < -0.4 is 10.9 Å². The highest BCUT2D eigenvalue weighted by atomic mass is 32.2. The predicted octanol–water partition coefficient (Wildman–Crippen LogP) is 2.92. The van der Waals surface area contributed by atoms with Crippen LogP contribution in [0.25, 0.3) is 0 Å². The van der Waals surface area contributed by atoms with E-state index in [1.54, 1.807) is 18.3 Å². The molecule has 0 radical (unpaired) electrons. The Hall–Kier alpha value is -1.67. The first kappa shape index (κ1) is 17.2. The normalized spacial score (nSPS) is 14.9. The number of carbonyl (C=O) groups is 1. The van der Waals surface area contributed by atoms with E-state index < -0.39 is 0 Å². The van der Waals surface area contributed by atoms with Crippen LogP contribution in [0.15, 0.2) is 16.0 Å². The van der Waals surface area contributed by atoms with Crippen molar-refractivity contribution in [2.45, 2.75) is 56.4 Å². The molecule has 1 amide bonds. The van der Waals surface area contributed by atoms with Gasteiger partial charge in [-0.3, -0.25) is 9.59 Å². The van der Waals surface area contributed by atoms with Crippen molar-refractivity contribution in [2.75, 3.05) is 5.32 Å². The lowest BCUT2D eigenvalue weighted by atomic mass is 10.0. The number of amides is 1. The minimum absolute atomic E-state index is 0.0993. The molecule has 0 saturated carbocycles. The molecule has 0 aliphatic heterocycles. The summed E-state index contributed by atoms with van der Waals surface area (Å²) in [4.78, 5) is 36.9. The molecule has 1 atom stereocenters. The number of nitrogens with zero attached hydrogens (tertiary/aromatic N) is 2. The van der Waals surface area contributed by atoms with Gasteiger partial charge in [0.1, 0.15) is 0 Å². The Morgan fingerprint density at radius 3 is 2.92 bits per heavy atom. The maximum absolute atomic E-state index is 12.5. The molecular formula is C16H20N4O2S2. The summed E-state index contributed by atoms with van der Waals surface area (Å²) >= 11 is 2.85. The first-order valence-corrected chi connectivity index (χ1v) is 9.79. The van der Waals surface area contributed by atoms with Gasteiger partial charge < -0.3 is 10.3 Å². The van der Waals surface area contributed by atoms with Gasteiger partial charge in [0, 0.05) is 16.6 Å². The Bertz CT molecular complexity index is 776. The van der Waals surface area contributed by atoms with E-state index in [0.717, 1.165) is 18.5 Å². The first-order valence-electron chi connectivity index (χ1n) is 8.09. The number of nitrogens with one attached hydrogen (secondary N) is 2. The molecule has 1 aliphatic rings. The Kier molecular flexibility index (Phi) is 5.35. The molecule has 3 rings (SSSR count). The van der Waals surface area contributed by atoms with E-state index in [1.807, 2.05) is 6.92 Å². The van der Waals surface area contributed by atoms with Gasteiger partial charge in [-0.2, -0.15) is 0 Å². The predicted molar refractivity (Wildman–Crippen MR) is 96.9 cm³/mol. The fourth-order valence-corrected chi connectivity index (χ4v) is 4.67. The third kappa shape index (κ3) is 4.05. The highest BCUT2D eigenvalue weighted by molar-refractivity contribution is 8.00. The van der Waals surface area contributed by atoms with Gasteiger partial charge in [-0.25, -0.2) is 9.97 Å². The summed E-state index contributed by atoms with van der Waals surface area (Å²) in [6.45, 7) is 3.71. The molecule has 2 N–H and O–H groups in total. The zero-order valence-corrected chi connectivity index (χ0v) is 15.4. The summed E-state index contributed by atoms with van der Waals surface area (Å²) in [5, 5.41) is 3.75. The zero-order chi connectivity index (χ0) is 17.1. The lowest BCUT2D eigenvalue weighted by Gasteiger charge is -2.12. The van der Waals surface area contributed by atoms with Crippen LogP contribution in [0.3, 0.4) is 0 Å². The van der Waals surface area contributed by atoms with Crippen LogP contribution in [0.1, 0.15) is 42.5 Å². The number of hydrogen-bond donors (Lipinski definition) is 2. The average Bonchev–Trinajstić information content (AvgIpc) is 2.93. The van der Waals surface area contributed by atoms with Crippen molar-refractivity contribution in [1.29, 1.82) is 0 Å². The van der Waals surface area contributed by atoms with Crippen molar-refractivity contribution in [2.24, 2.45) is 0 Å². The summed E-state index contributed by atoms with van der Waals surface area (Å²) in [7, 11) is 0. The molecule has 2 aromatic heterocycles. The zero-order valence-electron chi connectivity index (χ0n) is 13.7. The number of thioether (sulfide) groups is 1. The Balaban J connectivity index is 1.69. The van der Waals surface area contributed by atoms with E-state index in [0.29, 0.717) is 22.4 Å². The van der Waals surface area contributed by atoms with Crippen molar-refractivity contribution in [3.8, 4) is 0 Å². The van der Waals surface area contributed by atoms with Crippen molar-refractivity contribution in [3.05, 3.63) is 32.7 Å². The van der Waals surface area contributed by atoms with Crippen LogP contribution >= 0.6 is 23.1 Å². The second-order valence-electron chi connectivity index (χ2n) is 5.79. The third-order valence-corrected chi connectivity index (χ3v) is 6.16. The smallest absolute Gasteiger partial charge is 0.251 e. The van der Waals surface area contributed by atoms with E-state index in [4.69, 9.17) is 0 Å². The quantitative estimate of drug-likeness (QED) is 0.629. The molecule has 0 aromatic carbocycles. The van der Waals surface area contributed by atoms with E-state index in [1.165, 1.54) is 35.5 Å². The Morgan fingerprint density at radius 2 is 2.21 bits per heavy atom. The van der Waals surface area contributed by atoms with E-state index in [2.05, 4.69) is 20.3 Å². The maximum atomic E-state index is 12.5. The van der Waals surface area contributed by atoms with Gasteiger partial charge in [0.05, 0.1) is 10.9 Å². The van der Waals surface area contributed by atoms with Gasteiger partial charge in [0.15, 0.2) is 10.3 Å². The second-order valence-corrected chi connectivity index (χ2v) is 8.07. The van der Waals surface area contributed by atoms with Crippen LogP contribution in [-0.2, 0) is 17.6 Å². The van der Waals surface area contributed by atoms with Crippen LogP contribution in [0.4, 0.5) is 5.13 Å². The monoisotopic (exact) mass is 364 g/mol. The number of aryl methyl sites for hydroxylation is 3. The summed E-state index contributed by atoms with van der Waals surface area (Å²) < 4.78 is 0. The van der Waals surface area contributed by atoms with Crippen LogP contribution in [0, 0.1) is 6.92 Å². The summed E-state index contributed by atoms with van der Waals surface area (Å²) in [6, 6.07) is 1.44. The summed E-state index contributed by atoms with van der Waals surface area (Å²) in [5.74, 6) is -0.0993. The number of fused-ring (bicyclic) bond motifs is 1. The molecule has 0 bridgehead atoms. The van der Waals surface area contributed by atoms with Crippen molar-refractivity contribution in [1.82, 2.24) is 15.0 Å². The maximum Gasteiger partial charge on any atom is 0.251 e. The van der Waals surface area contributed by atoms with Gasteiger partial charge in [0.2, 0.25) is 5.91 Å². The number of thiazole rings is 1. The molecule has 8 heteroatoms. The van der Waals surface area contributed by atoms with Gasteiger partial charge >= 0.3 is 0 Å². The van der Waals surface area contributed by atoms with Gasteiger partial charge in [-0.1, -0.05) is 18.7 Å². The minimum Gasteiger partial charge on any atom is -0.301 e. The molecule has 1 aliphatic carbocycles. The van der Waals surface area contributed by atoms with Crippen molar-refractivity contribution in [3.63, 3.8) is 0 Å². The topological polar surface area (TPSA) is 87.7 Å². The number of carbonyl (C=O) groups excluding carboxylic acids is 1. The van der Waals surface area contributed by atoms with E-state index >= 15 is 0 Å². The fourth-order valence-electron chi connectivity index (χ4n) is 2.66. The molecule has 128 valence electrons. The summed E-state index contributed by atoms with van der Waals surface area (Å²) in [6.07, 6.45) is 5.07. The number of anilines is 1. The standard InChI is InChI=1S/C16H20N4O2S2/c1-3-11(23-15-17-9(2)8-13(21)19-15)14(22)20-16-18-10-6-4-5-7-12(10)24-16/h8,11H,3-7H2,1-2H3,(H,17,19,21)(H,18,20,22)/t11-/m1/s1. The molecule has 2 heterocycles. The number of aromatic nitrogens is 3. The molecule has 0 saturated heterocycles. The molecule has 2 aromatic rings. The van der Waals surface area contributed by atoms with Gasteiger partial charge in [-0.15, -0.1) is 11.3 Å². The van der Waals surface area contributed by atoms with Crippen molar-refractivity contribution < 1.29 is 4.79 Å². The number of aromatic amines is 1. The fraction of sp³-hybridized carbons (Fsp3) is 0.500. The summed E-state index contributed by atoms with van der Waals surface area (Å²) in [5.41, 5.74) is 1.57. The molecule has 0 spiro atoms. The molecule has 24 heavy (non-hydrogen) atoms. The second kappa shape index (κ2) is 7.48. The van der Waals surface area contributed by atoms with Crippen molar-refractivity contribution >= 4 is 34.1 Å². The number of H-pyrrole nitrogens is 1. The molecule has 0 fully saturated rings. The lowest BCUT2D eigenvalue weighted by Crippen LogP contribution is -2.25. The SMILES string of the molecule is CC[C@@H](Sc1nc(C)cc(=O)[nH]1)C(=O)Nc1nc2c(s1)CCCC2. The molecular weight excluding hydrogens is 344 g/mol. The lowest BCUT2D eigenvalue weighted by molar-refractivity contribution is -0.115. The van der Waals surface area contributed by atoms with Gasteiger partial charge in [-0.05, 0) is 39.0 Å². The minimum atomic E-state index is -0.323. The molecule has 6 nitrogen and oxygen atoms in total. The Morgan fingerprint density at radius 1 is 1.42 bits per heavy atom. The first-order chi connectivity index (χ1) is 11.5. The highest BCUT2D eigenvalue weighted by Crippen LogP contribution is 2.30.